The monoisotopic (exact) mass is 761 g/mol. The summed E-state index contributed by atoms with van der Waals surface area (Å²) >= 11 is 0. The van der Waals surface area contributed by atoms with Crippen molar-refractivity contribution in [3.05, 3.63) is 91.0 Å². The Balaban J connectivity index is 0.00000504. The maximum absolute atomic E-state index is 12.8. The van der Waals surface area contributed by atoms with Crippen LogP contribution in [-0.2, 0) is 30.4 Å². The Hall–Kier alpha value is -4.70. The number of azo groups is 1. The first-order valence-corrected chi connectivity index (χ1v) is 18.2. The molecule has 0 aliphatic carbocycles. The number of benzene rings is 6. The van der Waals surface area contributed by atoms with Crippen LogP contribution in [0, 0.1) is 0 Å². The molecular weight excluding hydrogens is 740 g/mol. The number of nitrogens with zero attached hydrogens (tertiary/aromatic N) is 2. The van der Waals surface area contributed by atoms with Gasteiger partial charge in [-0.1, -0.05) is 12.1 Å². The fraction of sp³-hybridized carbons (Fsp3) is 0. The maximum atomic E-state index is 12.8. The third-order valence-corrected chi connectivity index (χ3v) is 9.95. The molecule has 0 aliphatic rings. The second kappa shape index (κ2) is 13.8. The molecule has 7 N–H and O–H groups in total. The number of carbonyl (C=O) groups excluding carboxylic acids is 1. The molecule has 0 atom stereocenters. The quantitative estimate of drug-likeness (QED) is 0.0701. The second-order valence-corrected chi connectivity index (χ2v) is 15.0. The second-order valence-electron chi connectivity index (χ2n) is 10.8. The van der Waals surface area contributed by atoms with Crippen LogP contribution in [0.1, 0.15) is 0 Å². The van der Waals surface area contributed by atoms with E-state index in [-0.39, 0.29) is 73.1 Å². The van der Waals surface area contributed by atoms with Gasteiger partial charge in [0, 0.05) is 28.2 Å². The molecule has 2 amide bonds. The van der Waals surface area contributed by atoms with E-state index >= 15 is 0 Å². The Morgan fingerprint density at radius 2 is 1.10 bits per heavy atom. The van der Waals surface area contributed by atoms with Crippen LogP contribution in [0.3, 0.4) is 0 Å². The van der Waals surface area contributed by atoms with Gasteiger partial charge >= 0.3 is 35.6 Å². The molecule has 0 saturated carbocycles. The van der Waals surface area contributed by atoms with Crippen molar-refractivity contribution >= 4 is 91.5 Å². The van der Waals surface area contributed by atoms with Crippen LogP contribution < -0.4 is 40.2 Å². The van der Waals surface area contributed by atoms with Gasteiger partial charge in [-0.2, -0.15) is 30.4 Å². The molecule has 0 aliphatic heterocycles. The minimum atomic E-state index is -4.98. The molecule has 0 heterocycles. The third-order valence-electron chi connectivity index (χ3n) is 7.41. The number of amides is 2. The molecule has 6 aromatic rings. The number of carbonyl (C=O) groups is 1. The zero-order valence-electron chi connectivity index (χ0n) is 25.9. The summed E-state index contributed by atoms with van der Waals surface area (Å²) < 4.78 is 99.2. The van der Waals surface area contributed by atoms with Crippen molar-refractivity contribution in [2.75, 3.05) is 10.6 Å². The molecule has 0 bridgehead atoms. The van der Waals surface area contributed by atoms with E-state index in [9.17, 15) is 53.9 Å². The van der Waals surface area contributed by atoms with Crippen LogP contribution in [0.25, 0.3) is 32.3 Å². The summed E-state index contributed by atoms with van der Waals surface area (Å²) in [6, 6.07) is 18.7. The predicted octanol–water partition coefficient (Wildman–Crippen LogP) is 3.36. The first kappa shape index (κ1) is 37.6. The summed E-state index contributed by atoms with van der Waals surface area (Å²) in [5, 5.41) is 35.6. The number of hydrogen-bond acceptors (Lipinski definition) is 11. The summed E-state index contributed by atoms with van der Waals surface area (Å²) in [5.41, 5.74) is -0.103. The van der Waals surface area contributed by atoms with Gasteiger partial charge in [0.15, 0.2) is 5.75 Å². The maximum Gasteiger partial charge on any atom is 1.00 e. The van der Waals surface area contributed by atoms with Gasteiger partial charge < -0.3 is 20.8 Å². The molecule has 6 aromatic carbocycles. The summed E-state index contributed by atoms with van der Waals surface area (Å²) in [4.78, 5) is 11.1. The van der Waals surface area contributed by atoms with Gasteiger partial charge in [0.05, 0.1) is 15.5 Å². The molecule has 0 radical (unpaired) electrons. The van der Waals surface area contributed by atoms with Gasteiger partial charge in [-0.3, -0.25) is 13.7 Å². The Morgan fingerprint density at radius 3 is 1.71 bits per heavy atom. The number of hydrogen-bond donors (Lipinski definition) is 7. The number of urea groups is 1. The minimum absolute atomic E-state index is 0. The van der Waals surface area contributed by atoms with Crippen molar-refractivity contribution in [2.45, 2.75) is 14.7 Å². The number of anilines is 2. The van der Waals surface area contributed by atoms with Gasteiger partial charge in [-0.15, -0.1) is 5.11 Å². The first-order valence-electron chi connectivity index (χ1n) is 13.9. The topological polar surface area (TPSA) is 269 Å². The smallest absolute Gasteiger partial charge is 0.507 e. The van der Waals surface area contributed by atoms with Crippen LogP contribution in [0.15, 0.2) is 116 Å². The van der Waals surface area contributed by atoms with Crippen molar-refractivity contribution < 1.29 is 83.5 Å². The molecule has 256 valence electrons. The average molecular weight is 762 g/mol. The molecule has 20 heteroatoms. The van der Waals surface area contributed by atoms with E-state index in [0.717, 1.165) is 18.2 Å². The van der Waals surface area contributed by atoms with E-state index in [0.29, 0.717) is 10.8 Å². The third kappa shape index (κ3) is 8.12. The summed E-state index contributed by atoms with van der Waals surface area (Å²) in [6.45, 7) is 0. The van der Waals surface area contributed by atoms with E-state index in [4.69, 9.17) is 0 Å². The first-order chi connectivity index (χ1) is 23.4. The SMILES string of the molecule is O=C(Nc1ccc2c(O)cc(S(=O)(=O)O)cc2c1)Nc1ccc2c(O)c(N=Nc3ccc4cc(S(=O)(=O)O)ccc4c3)c(S(=O)(=O)O)cc2c1.[Na+]. The molecule has 0 fully saturated rings. The van der Waals surface area contributed by atoms with E-state index in [2.05, 4.69) is 20.9 Å². The van der Waals surface area contributed by atoms with Crippen molar-refractivity contribution in [2.24, 2.45) is 10.2 Å². The minimum Gasteiger partial charge on any atom is -0.507 e. The zero-order chi connectivity index (χ0) is 36.2. The Morgan fingerprint density at radius 1 is 0.549 bits per heavy atom. The number of nitrogens with one attached hydrogen (secondary N) is 2. The molecule has 0 saturated heterocycles. The van der Waals surface area contributed by atoms with Crippen molar-refractivity contribution in [3.8, 4) is 11.5 Å². The molecular formula is C31H22N4NaO12S3+. The summed E-state index contributed by atoms with van der Waals surface area (Å²) in [7, 11) is -14.0. The Bertz CT molecular complexity index is 2800. The summed E-state index contributed by atoms with van der Waals surface area (Å²) in [6.07, 6.45) is 0. The van der Waals surface area contributed by atoms with Crippen LogP contribution in [0.2, 0.25) is 0 Å². The van der Waals surface area contributed by atoms with E-state index in [1.807, 2.05) is 0 Å². The van der Waals surface area contributed by atoms with Gasteiger partial charge in [0.1, 0.15) is 16.3 Å². The summed E-state index contributed by atoms with van der Waals surface area (Å²) in [5.74, 6) is -1.07. The van der Waals surface area contributed by atoms with Gasteiger partial charge in [-0.25, -0.2) is 4.79 Å². The van der Waals surface area contributed by atoms with E-state index in [1.54, 1.807) is 0 Å². The van der Waals surface area contributed by atoms with Crippen LogP contribution in [-0.4, -0.2) is 55.2 Å². The molecule has 0 unspecified atom stereocenters. The van der Waals surface area contributed by atoms with E-state index in [1.165, 1.54) is 72.8 Å². The van der Waals surface area contributed by atoms with Gasteiger partial charge in [0.25, 0.3) is 30.4 Å². The molecule has 16 nitrogen and oxygen atoms in total. The van der Waals surface area contributed by atoms with Crippen molar-refractivity contribution in [1.82, 2.24) is 0 Å². The predicted molar refractivity (Wildman–Crippen MR) is 181 cm³/mol. The van der Waals surface area contributed by atoms with Crippen LogP contribution in [0.4, 0.5) is 27.5 Å². The number of phenols is 2. The number of phenolic OH excluding ortho intramolecular Hbond substituents is 2. The van der Waals surface area contributed by atoms with Crippen LogP contribution >= 0.6 is 0 Å². The van der Waals surface area contributed by atoms with Crippen LogP contribution in [0.5, 0.6) is 11.5 Å². The fourth-order valence-corrected chi connectivity index (χ4v) is 6.82. The molecule has 6 rings (SSSR count). The standard InChI is InChI=1S/C31H22N4O12S3.Na/c36-27-15-24(49(42,43)44)13-18-10-20(4-7-25(18)27)32-31(38)33-21-5-8-26-19(11-21)14-28(50(45,46)47)29(30(26)37)35-34-22-3-1-17-12-23(48(39,40)41)6-2-16(17)9-22;/h1-15,36-37H,(H2,32,33,38)(H,39,40,41)(H,42,43,44)(H,45,46,47);/q;+1. The van der Waals surface area contributed by atoms with Gasteiger partial charge in [-0.05, 0) is 94.3 Å². The Kier molecular flexibility index (Phi) is 10.2. The van der Waals surface area contributed by atoms with Crippen molar-refractivity contribution in [1.29, 1.82) is 0 Å². The van der Waals surface area contributed by atoms with E-state index < -0.39 is 63.4 Å². The average Bonchev–Trinajstić information content (AvgIpc) is 3.02. The molecule has 0 spiro atoms. The molecule has 51 heavy (non-hydrogen) atoms. The number of aromatic hydroxyl groups is 2. The largest absolute Gasteiger partial charge is 1.00 e. The Labute approximate surface area is 311 Å². The normalized spacial score (nSPS) is 12.3. The fourth-order valence-electron chi connectivity index (χ4n) is 5.11. The molecule has 0 aromatic heterocycles. The number of rotatable bonds is 7. The number of fused-ring (bicyclic) bond motifs is 3. The van der Waals surface area contributed by atoms with Crippen molar-refractivity contribution in [3.63, 3.8) is 0 Å². The van der Waals surface area contributed by atoms with Gasteiger partial charge in [0.2, 0.25) is 0 Å². The zero-order valence-corrected chi connectivity index (χ0v) is 30.3.